The van der Waals surface area contributed by atoms with E-state index in [1.54, 1.807) is 12.1 Å². The molecule has 1 heterocycles. The van der Waals surface area contributed by atoms with Gasteiger partial charge in [0.05, 0.1) is 5.75 Å². The average Bonchev–Trinajstić information content (AvgIpc) is 2.93. The fraction of sp³-hybridized carbons (Fsp3) is 0.409. The molecular weight excluding hydrogens is 386 g/mol. The molecule has 3 rings (SSSR count). The molecule has 1 aliphatic heterocycles. The fourth-order valence-electron chi connectivity index (χ4n) is 3.48. The fourth-order valence-corrected chi connectivity index (χ4v) is 4.28. The molecule has 7 heteroatoms. The van der Waals surface area contributed by atoms with E-state index in [-0.39, 0.29) is 11.8 Å². The highest BCUT2D eigenvalue weighted by molar-refractivity contribution is 7.89. The Kier molecular flexibility index (Phi) is 6.79. The summed E-state index contributed by atoms with van der Waals surface area (Å²) >= 11 is 0. The highest BCUT2D eigenvalue weighted by atomic mass is 32.2. The number of hydrogen-bond acceptors (Lipinski definition) is 4. The summed E-state index contributed by atoms with van der Waals surface area (Å²) in [6.45, 7) is 5.69. The van der Waals surface area contributed by atoms with Crippen molar-refractivity contribution in [3.05, 3.63) is 65.2 Å². The molecule has 0 bridgehead atoms. The largest absolute Gasteiger partial charge is 0.370 e. The Morgan fingerprint density at radius 1 is 0.931 bits per heavy atom. The Hall–Kier alpha value is -2.54. The Morgan fingerprint density at radius 3 is 2.24 bits per heavy atom. The van der Waals surface area contributed by atoms with Crippen molar-refractivity contribution in [2.45, 2.75) is 25.6 Å². The van der Waals surface area contributed by atoms with Gasteiger partial charge in [-0.2, -0.15) is 0 Å². The van der Waals surface area contributed by atoms with Crippen molar-refractivity contribution in [1.29, 1.82) is 0 Å². The Morgan fingerprint density at radius 2 is 1.59 bits per heavy atom. The SMILES string of the molecule is Cc1ccc(N2CCCN(C(=O)NCc3ccc(CS(C)(=O)=O)cc3)CC2)cc1. The second-order valence-electron chi connectivity index (χ2n) is 7.71. The summed E-state index contributed by atoms with van der Waals surface area (Å²) in [5.41, 5.74) is 4.15. The van der Waals surface area contributed by atoms with Crippen molar-refractivity contribution in [1.82, 2.24) is 10.2 Å². The van der Waals surface area contributed by atoms with Crippen LogP contribution < -0.4 is 10.2 Å². The zero-order chi connectivity index (χ0) is 20.9. The molecule has 0 aliphatic carbocycles. The maximum atomic E-state index is 12.6. The van der Waals surface area contributed by atoms with Gasteiger partial charge in [-0.15, -0.1) is 0 Å². The van der Waals surface area contributed by atoms with Gasteiger partial charge in [-0.05, 0) is 36.6 Å². The van der Waals surface area contributed by atoms with Crippen LogP contribution in [0.3, 0.4) is 0 Å². The van der Waals surface area contributed by atoms with Crippen LogP contribution in [0.25, 0.3) is 0 Å². The molecule has 1 aliphatic rings. The summed E-state index contributed by atoms with van der Waals surface area (Å²) in [5, 5.41) is 2.98. The van der Waals surface area contributed by atoms with Crippen LogP contribution in [-0.2, 0) is 22.1 Å². The van der Waals surface area contributed by atoms with E-state index in [0.29, 0.717) is 13.1 Å². The van der Waals surface area contributed by atoms with Crippen molar-refractivity contribution in [2.75, 3.05) is 37.3 Å². The van der Waals surface area contributed by atoms with Gasteiger partial charge < -0.3 is 15.1 Å². The minimum absolute atomic E-state index is 0.0326. The smallest absolute Gasteiger partial charge is 0.317 e. The first-order valence-electron chi connectivity index (χ1n) is 9.90. The van der Waals surface area contributed by atoms with Gasteiger partial charge in [-0.1, -0.05) is 42.0 Å². The van der Waals surface area contributed by atoms with E-state index in [0.717, 1.165) is 37.2 Å². The number of carbonyl (C=O) groups is 1. The molecule has 1 fully saturated rings. The van der Waals surface area contributed by atoms with Gasteiger partial charge in [0.1, 0.15) is 0 Å². The molecule has 6 nitrogen and oxygen atoms in total. The van der Waals surface area contributed by atoms with Crippen LogP contribution in [-0.4, -0.2) is 51.8 Å². The summed E-state index contributed by atoms with van der Waals surface area (Å²) in [6, 6.07) is 15.8. The highest BCUT2D eigenvalue weighted by Gasteiger charge is 2.19. The monoisotopic (exact) mass is 415 g/mol. The molecule has 0 radical (unpaired) electrons. The molecule has 156 valence electrons. The number of urea groups is 1. The van der Waals surface area contributed by atoms with Gasteiger partial charge in [-0.3, -0.25) is 0 Å². The molecule has 0 aromatic heterocycles. The lowest BCUT2D eigenvalue weighted by Crippen LogP contribution is -2.41. The number of nitrogens with zero attached hydrogens (tertiary/aromatic N) is 2. The normalized spacial score (nSPS) is 15.1. The van der Waals surface area contributed by atoms with Crippen LogP contribution in [0.1, 0.15) is 23.1 Å². The molecule has 0 spiro atoms. The summed E-state index contributed by atoms with van der Waals surface area (Å²) in [7, 11) is -3.04. The van der Waals surface area contributed by atoms with Gasteiger partial charge in [0.15, 0.2) is 9.84 Å². The summed E-state index contributed by atoms with van der Waals surface area (Å²) < 4.78 is 22.7. The Balaban J connectivity index is 1.50. The van der Waals surface area contributed by atoms with Crippen molar-refractivity contribution in [3.63, 3.8) is 0 Å². The van der Waals surface area contributed by atoms with Gasteiger partial charge in [0.2, 0.25) is 0 Å². The van der Waals surface area contributed by atoms with E-state index >= 15 is 0 Å². The van der Waals surface area contributed by atoms with Crippen LogP contribution in [0.4, 0.5) is 10.5 Å². The van der Waals surface area contributed by atoms with Gasteiger partial charge >= 0.3 is 6.03 Å². The van der Waals surface area contributed by atoms with Gasteiger partial charge in [0.25, 0.3) is 0 Å². The highest BCUT2D eigenvalue weighted by Crippen LogP contribution is 2.17. The lowest BCUT2D eigenvalue weighted by molar-refractivity contribution is 0.201. The second kappa shape index (κ2) is 9.31. The van der Waals surface area contributed by atoms with Crippen LogP contribution in [0.5, 0.6) is 0 Å². The topological polar surface area (TPSA) is 69.7 Å². The van der Waals surface area contributed by atoms with Crippen LogP contribution in [0, 0.1) is 6.92 Å². The predicted molar refractivity (Wildman–Crippen MR) is 117 cm³/mol. The lowest BCUT2D eigenvalue weighted by atomic mass is 10.1. The molecule has 0 atom stereocenters. The zero-order valence-electron chi connectivity index (χ0n) is 17.1. The number of amides is 2. The Bertz CT molecular complexity index is 925. The number of rotatable bonds is 5. The van der Waals surface area contributed by atoms with E-state index in [1.165, 1.54) is 17.5 Å². The van der Waals surface area contributed by atoms with Crippen molar-refractivity contribution < 1.29 is 13.2 Å². The summed E-state index contributed by atoms with van der Waals surface area (Å²) in [4.78, 5) is 16.8. The molecule has 0 unspecified atom stereocenters. The first-order valence-corrected chi connectivity index (χ1v) is 12.0. The lowest BCUT2D eigenvalue weighted by Gasteiger charge is -2.24. The predicted octanol–water partition coefficient (Wildman–Crippen LogP) is 2.96. The van der Waals surface area contributed by atoms with E-state index in [1.807, 2.05) is 17.0 Å². The third-order valence-corrected chi connectivity index (χ3v) is 5.94. The molecule has 2 aromatic rings. The number of anilines is 1. The van der Waals surface area contributed by atoms with E-state index in [2.05, 4.69) is 41.4 Å². The average molecular weight is 416 g/mol. The van der Waals surface area contributed by atoms with Crippen molar-refractivity contribution in [2.24, 2.45) is 0 Å². The number of carbonyl (C=O) groups excluding carboxylic acids is 1. The van der Waals surface area contributed by atoms with Crippen LogP contribution in [0.15, 0.2) is 48.5 Å². The molecule has 2 aromatic carbocycles. The minimum atomic E-state index is -3.04. The van der Waals surface area contributed by atoms with Gasteiger partial charge in [0, 0.05) is 44.7 Å². The molecule has 0 saturated carbocycles. The molecule has 1 N–H and O–H groups in total. The van der Waals surface area contributed by atoms with Crippen molar-refractivity contribution >= 4 is 21.6 Å². The quantitative estimate of drug-likeness (QED) is 0.815. The number of aryl methyl sites for hydroxylation is 1. The van der Waals surface area contributed by atoms with E-state index in [4.69, 9.17) is 0 Å². The standard InChI is InChI=1S/C22H29N3O3S/c1-18-4-10-21(11-5-18)24-12-3-13-25(15-14-24)22(26)23-16-19-6-8-20(9-7-19)17-29(2,27)28/h4-11H,3,12-17H2,1-2H3,(H,23,26). The molecule has 29 heavy (non-hydrogen) atoms. The van der Waals surface area contributed by atoms with E-state index in [9.17, 15) is 13.2 Å². The van der Waals surface area contributed by atoms with Gasteiger partial charge in [-0.25, -0.2) is 13.2 Å². The first kappa shape index (κ1) is 21.2. The number of sulfone groups is 1. The summed E-state index contributed by atoms with van der Waals surface area (Å²) in [6.07, 6.45) is 2.16. The number of nitrogens with one attached hydrogen (secondary N) is 1. The third kappa shape index (κ3) is 6.49. The Labute approximate surface area is 173 Å². The van der Waals surface area contributed by atoms with Crippen LogP contribution in [0.2, 0.25) is 0 Å². The molecule has 2 amide bonds. The maximum Gasteiger partial charge on any atom is 0.317 e. The third-order valence-electron chi connectivity index (χ3n) is 5.08. The molecular formula is C22H29N3O3S. The minimum Gasteiger partial charge on any atom is -0.370 e. The maximum absolute atomic E-state index is 12.6. The summed E-state index contributed by atoms with van der Waals surface area (Å²) in [5.74, 6) is 0.0326. The zero-order valence-corrected chi connectivity index (χ0v) is 17.9. The first-order chi connectivity index (χ1) is 13.8. The molecule has 1 saturated heterocycles. The second-order valence-corrected chi connectivity index (χ2v) is 9.85. The number of benzene rings is 2. The van der Waals surface area contributed by atoms with Crippen LogP contribution >= 0.6 is 0 Å². The van der Waals surface area contributed by atoms with Crippen molar-refractivity contribution in [3.8, 4) is 0 Å². The number of hydrogen-bond donors (Lipinski definition) is 1. The van der Waals surface area contributed by atoms with E-state index < -0.39 is 9.84 Å².